The fourth-order valence-electron chi connectivity index (χ4n) is 1.32. The summed E-state index contributed by atoms with van der Waals surface area (Å²) in [4.78, 5) is 4.40. The zero-order valence-electron chi connectivity index (χ0n) is 6.81. The lowest BCUT2D eigenvalue weighted by molar-refractivity contribution is 1.35. The van der Waals surface area contributed by atoms with Gasteiger partial charge >= 0.3 is 0 Å². The van der Waals surface area contributed by atoms with Crippen molar-refractivity contribution in [1.82, 2.24) is 13.7 Å². The second kappa shape index (κ2) is 2.46. The molecule has 0 N–H and O–H groups in total. The SMILES string of the molecule is Cc1nc2cc3nsnc3cc2s1. The maximum absolute atomic E-state index is 4.40. The largest absolute Gasteiger partial charge is 0.241 e. The fourth-order valence-corrected chi connectivity index (χ4v) is 2.67. The Kier molecular flexibility index (Phi) is 1.39. The lowest BCUT2D eigenvalue weighted by Gasteiger charge is -1.85. The van der Waals surface area contributed by atoms with Crippen LogP contribution in [0.25, 0.3) is 21.3 Å². The molecule has 0 saturated carbocycles. The standard InChI is InChI=1S/C8H5N3S2/c1-4-9-7-2-5-6(11-13-10-5)3-8(7)12-4/h2-3H,1H3. The fraction of sp³-hybridized carbons (Fsp3) is 0.125. The van der Waals surface area contributed by atoms with Crippen molar-refractivity contribution in [1.29, 1.82) is 0 Å². The number of hydrogen-bond acceptors (Lipinski definition) is 5. The summed E-state index contributed by atoms with van der Waals surface area (Å²) in [5.41, 5.74) is 2.95. The third-order valence-electron chi connectivity index (χ3n) is 1.87. The molecule has 0 atom stereocenters. The van der Waals surface area contributed by atoms with Gasteiger partial charge in [0.25, 0.3) is 0 Å². The molecule has 0 saturated heterocycles. The lowest BCUT2D eigenvalue weighted by atomic mass is 10.3. The molecule has 0 fully saturated rings. The van der Waals surface area contributed by atoms with Crippen LogP contribution in [0, 0.1) is 6.92 Å². The molecule has 0 aliphatic carbocycles. The Morgan fingerprint density at radius 3 is 2.69 bits per heavy atom. The van der Waals surface area contributed by atoms with Gasteiger partial charge in [0.2, 0.25) is 0 Å². The van der Waals surface area contributed by atoms with Crippen LogP contribution in [0.15, 0.2) is 12.1 Å². The van der Waals surface area contributed by atoms with E-state index in [1.165, 1.54) is 16.4 Å². The monoisotopic (exact) mass is 207 g/mol. The maximum Gasteiger partial charge on any atom is 0.107 e. The number of fused-ring (bicyclic) bond motifs is 2. The van der Waals surface area contributed by atoms with Crippen molar-refractivity contribution in [2.45, 2.75) is 6.92 Å². The van der Waals surface area contributed by atoms with Crippen LogP contribution in [0.4, 0.5) is 0 Å². The predicted molar refractivity (Wildman–Crippen MR) is 55.3 cm³/mol. The van der Waals surface area contributed by atoms with Gasteiger partial charge in [-0.2, -0.15) is 8.75 Å². The second-order valence-electron chi connectivity index (χ2n) is 2.81. The van der Waals surface area contributed by atoms with Crippen LogP contribution in [0.5, 0.6) is 0 Å². The average molecular weight is 207 g/mol. The van der Waals surface area contributed by atoms with Gasteiger partial charge in [-0.15, -0.1) is 11.3 Å². The Labute approximate surface area is 82.4 Å². The van der Waals surface area contributed by atoms with Crippen molar-refractivity contribution in [3.05, 3.63) is 17.1 Å². The molecule has 3 aromatic rings. The molecule has 0 bridgehead atoms. The Bertz CT molecular complexity index is 533. The van der Waals surface area contributed by atoms with E-state index in [0.29, 0.717) is 0 Å². The molecule has 64 valence electrons. The van der Waals surface area contributed by atoms with Crippen LogP contribution < -0.4 is 0 Å². The van der Waals surface area contributed by atoms with E-state index in [1.54, 1.807) is 11.3 Å². The predicted octanol–water partition coefficient (Wildman–Crippen LogP) is 2.61. The summed E-state index contributed by atoms with van der Waals surface area (Å²) in [6.45, 7) is 2.01. The Morgan fingerprint density at radius 2 is 1.85 bits per heavy atom. The topological polar surface area (TPSA) is 38.7 Å². The summed E-state index contributed by atoms with van der Waals surface area (Å²) in [6.07, 6.45) is 0. The van der Waals surface area contributed by atoms with E-state index in [9.17, 15) is 0 Å². The number of benzene rings is 1. The summed E-state index contributed by atoms with van der Waals surface area (Å²) >= 11 is 2.94. The molecule has 5 heteroatoms. The van der Waals surface area contributed by atoms with Crippen molar-refractivity contribution >= 4 is 44.3 Å². The molecule has 13 heavy (non-hydrogen) atoms. The van der Waals surface area contributed by atoms with Gasteiger partial charge in [0, 0.05) is 0 Å². The summed E-state index contributed by atoms with van der Waals surface area (Å²) in [7, 11) is 0. The van der Waals surface area contributed by atoms with Crippen LogP contribution in [0.2, 0.25) is 0 Å². The van der Waals surface area contributed by atoms with Gasteiger partial charge in [0.1, 0.15) is 11.0 Å². The van der Waals surface area contributed by atoms with Crippen molar-refractivity contribution in [3.8, 4) is 0 Å². The maximum atomic E-state index is 4.40. The first-order valence-corrected chi connectivity index (χ1v) is 5.37. The smallest absolute Gasteiger partial charge is 0.107 e. The highest BCUT2D eigenvalue weighted by Gasteiger charge is 2.04. The summed E-state index contributed by atoms with van der Waals surface area (Å²) in [5.74, 6) is 0. The number of rotatable bonds is 0. The highest BCUT2D eigenvalue weighted by Crippen LogP contribution is 2.25. The lowest BCUT2D eigenvalue weighted by Crippen LogP contribution is -1.71. The Balaban J connectivity index is 2.54. The molecular formula is C8H5N3S2. The molecule has 3 nitrogen and oxygen atoms in total. The van der Waals surface area contributed by atoms with E-state index in [4.69, 9.17) is 0 Å². The van der Waals surface area contributed by atoms with Crippen LogP contribution in [-0.2, 0) is 0 Å². The molecule has 3 rings (SSSR count). The summed E-state index contributed by atoms with van der Waals surface area (Å²) < 4.78 is 9.55. The highest BCUT2D eigenvalue weighted by molar-refractivity contribution is 7.18. The molecule has 2 heterocycles. The number of thiazole rings is 1. The highest BCUT2D eigenvalue weighted by atomic mass is 32.1. The first-order valence-electron chi connectivity index (χ1n) is 3.82. The minimum atomic E-state index is 0.947. The van der Waals surface area contributed by atoms with E-state index in [0.717, 1.165) is 21.6 Å². The molecule has 1 aromatic carbocycles. The first-order chi connectivity index (χ1) is 6.33. The molecule has 2 aromatic heterocycles. The van der Waals surface area contributed by atoms with Crippen molar-refractivity contribution in [2.75, 3.05) is 0 Å². The van der Waals surface area contributed by atoms with Gasteiger partial charge in [0.05, 0.1) is 27.0 Å². The normalized spacial score (nSPS) is 11.5. The van der Waals surface area contributed by atoms with Gasteiger partial charge in [-0.1, -0.05) is 0 Å². The average Bonchev–Trinajstić information content (AvgIpc) is 2.63. The minimum absolute atomic E-state index is 0.947. The molecule has 0 aliphatic heterocycles. The van der Waals surface area contributed by atoms with Gasteiger partial charge in [-0.25, -0.2) is 4.98 Å². The summed E-state index contributed by atoms with van der Waals surface area (Å²) in [6, 6.07) is 4.05. The quantitative estimate of drug-likeness (QED) is 0.568. The zero-order chi connectivity index (χ0) is 8.84. The molecular weight excluding hydrogens is 202 g/mol. The number of hydrogen-bond donors (Lipinski definition) is 0. The molecule has 0 spiro atoms. The van der Waals surface area contributed by atoms with Gasteiger partial charge in [-0.3, -0.25) is 0 Å². The van der Waals surface area contributed by atoms with Crippen molar-refractivity contribution in [3.63, 3.8) is 0 Å². The van der Waals surface area contributed by atoms with Crippen molar-refractivity contribution < 1.29 is 0 Å². The van der Waals surface area contributed by atoms with E-state index in [1.807, 2.05) is 13.0 Å². The molecule has 0 aliphatic rings. The van der Waals surface area contributed by atoms with Crippen LogP contribution in [0.1, 0.15) is 5.01 Å². The third-order valence-corrected chi connectivity index (χ3v) is 3.36. The zero-order valence-corrected chi connectivity index (χ0v) is 8.45. The third kappa shape index (κ3) is 1.04. The number of aromatic nitrogens is 3. The van der Waals surface area contributed by atoms with E-state index >= 15 is 0 Å². The van der Waals surface area contributed by atoms with Crippen LogP contribution >= 0.6 is 23.1 Å². The molecule has 0 amide bonds. The number of aryl methyl sites for hydroxylation is 1. The van der Waals surface area contributed by atoms with Crippen LogP contribution in [-0.4, -0.2) is 13.7 Å². The van der Waals surface area contributed by atoms with E-state index in [-0.39, 0.29) is 0 Å². The van der Waals surface area contributed by atoms with Crippen molar-refractivity contribution in [2.24, 2.45) is 0 Å². The Hall–Kier alpha value is -1.07. The van der Waals surface area contributed by atoms with Gasteiger partial charge < -0.3 is 0 Å². The van der Waals surface area contributed by atoms with Gasteiger partial charge in [0.15, 0.2) is 0 Å². The van der Waals surface area contributed by atoms with E-state index in [2.05, 4.69) is 19.8 Å². The summed E-state index contributed by atoms with van der Waals surface area (Å²) in [5, 5.41) is 1.09. The van der Waals surface area contributed by atoms with Gasteiger partial charge in [-0.05, 0) is 19.1 Å². The van der Waals surface area contributed by atoms with Crippen LogP contribution in [0.3, 0.4) is 0 Å². The van der Waals surface area contributed by atoms with E-state index < -0.39 is 0 Å². The molecule has 0 radical (unpaired) electrons. The minimum Gasteiger partial charge on any atom is -0.241 e. The first kappa shape index (κ1) is 7.34. The number of nitrogens with zero attached hydrogens (tertiary/aromatic N) is 3. The second-order valence-corrected chi connectivity index (χ2v) is 4.57. The Morgan fingerprint density at radius 1 is 1.08 bits per heavy atom. The molecule has 0 unspecified atom stereocenters.